The molecule has 2 rings (SSSR count). The van der Waals surface area contributed by atoms with Crippen LogP contribution >= 0.6 is 0 Å². The molecule has 0 bridgehead atoms. The Bertz CT molecular complexity index is 390. The Kier molecular flexibility index (Phi) is 5.09. The van der Waals surface area contributed by atoms with Crippen LogP contribution in [0.2, 0.25) is 0 Å². The van der Waals surface area contributed by atoms with E-state index in [-0.39, 0.29) is 17.2 Å². The highest BCUT2D eigenvalue weighted by atomic mass is 16.1. The molecule has 0 aromatic heterocycles. The van der Waals surface area contributed by atoms with Crippen LogP contribution < -0.4 is 5.73 Å². The number of rotatable bonds is 4. The number of benzene rings is 1. The van der Waals surface area contributed by atoms with E-state index in [4.69, 9.17) is 5.73 Å². The molecule has 0 aliphatic heterocycles. The number of hydrogen-bond acceptors (Lipinski definition) is 2. The number of aryl methyl sites for hydroxylation is 1. The molecule has 0 saturated heterocycles. The molecule has 18 heavy (non-hydrogen) atoms. The second-order valence-electron chi connectivity index (χ2n) is 5.14. The highest BCUT2D eigenvalue weighted by Crippen LogP contribution is 2.41. The summed E-state index contributed by atoms with van der Waals surface area (Å²) in [4.78, 5) is 11.7. The minimum absolute atomic E-state index is 0.0203. The lowest BCUT2D eigenvalue weighted by Gasteiger charge is -2.18. The van der Waals surface area contributed by atoms with E-state index in [0.29, 0.717) is 0 Å². The van der Waals surface area contributed by atoms with Gasteiger partial charge in [0.1, 0.15) is 5.78 Å². The maximum absolute atomic E-state index is 11.7. The van der Waals surface area contributed by atoms with Crippen molar-refractivity contribution < 1.29 is 4.79 Å². The second kappa shape index (κ2) is 6.14. The highest BCUT2D eigenvalue weighted by molar-refractivity contribution is 5.83. The molecule has 1 aliphatic rings. The Balaban J connectivity index is 0.000000771. The number of hydrogen-bond donors (Lipinski definition) is 1. The summed E-state index contributed by atoms with van der Waals surface area (Å²) >= 11 is 0. The van der Waals surface area contributed by atoms with Gasteiger partial charge in [0.25, 0.3) is 0 Å². The molecule has 1 fully saturated rings. The Morgan fingerprint density at radius 2 is 1.78 bits per heavy atom. The fourth-order valence-corrected chi connectivity index (χ4v) is 2.07. The topological polar surface area (TPSA) is 43.1 Å². The van der Waals surface area contributed by atoms with Gasteiger partial charge in [-0.25, -0.2) is 0 Å². The largest absolute Gasteiger partial charge is 0.325 e. The standard InChI is InChI=1S/C14H19NO.C2H6/c1-10-3-5-12(6-4-10)13(11(2)16)9-14(15)7-8-14;1-2/h3-6,13H,7-9,15H2,1-2H3;1-2H3. The third-order valence-corrected chi connectivity index (χ3v) is 3.47. The van der Waals surface area contributed by atoms with Gasteiger partial charge in [0.15, 0.2) is 0 Å². The van der Waals surface area contributed by atoms with Crippen LogP contribution in [0.25, 0.3) is 0 Å². The molecule has 1 saturated carbocycles. The molecule has 1 aromatic carbocycles. The van der Waals surface area contributed by atoms with E-state index >= 15 is 0 Å². The quantitative estimate of drug-likeness (QED) is 0.883. The van der Waals surface area contributed by atoms with Gasteiger partial charge in [0.2, 0.25) is 0 Å². The third kappa shape index (κ3) is 3.95. The summed E-state index contributed by atoms with van der Waals surface area (Å²) in [5, 5.41) is 0. The van der Waals surface area contributed by atoms with E-state index in [1.54, 1.807) is 6.92 Å². The van der Waals surface area contributed by atoms with E-state index in [1.165, 1.54) is 5.56 Å². The van der Waals surface area contributed by atoms with E-state index in [9.17, 15) is 4.79 Å². The Labute approximate surface area is 111 Å². The number of carbonyl (C=O) groups is 1. The van der Waals surface area contributed by atoms with Crippen molar-refractivity contribution in [3.63, 3.8) is 0 Å². The van der Waals surface area contributed by atoms with Crippen LogP contribution in [0.5, 0.6) is 0 Å². The normalized spacial score (nSPS) is 17.4. The summed E-state index contributed by atoms with van der Waals surface area (Å²) in [6.45, 7) is 7.72. The van der Waals surface area contributed by atoms with Crippen LogP contribution in [0.3, 0.4) is 0 Å². The molecule has 1 unspecified atom stereocenters. The monoisotopic (exact) mass is 247 g/mol. The van der Waals surface area contributed by atoms with Crippen molar-refractivity contribution in [2.45, 2.75) is 58.4 Å². The van der Waals surface area contributed by atoms with Gasteiger partial charge in [-0.05, 0) is 38.7 Å². The summed E-state index contributed by atoms with van der Waals surface area (Å²) in [5.41, 5.74) is 8.36. The molecule has 100 valence electrons. The zero-order valence-corrected chi connectivity index (χ0v) is 12.0. The molecule has 1 atom stereocenters. The first-order valence-corrected chi connectivity index (χ1v) is 6.86. The third-order valence-electron chi connectivity index (χ3n) is 3.47. The van der Waals surface area contributed by atoms with Gasteiger partial charge >= 0.3 is 0 Å². The average Bonchev–Trinajstić information content (AvgIpc) is 3.08. The van der Waals surface area contributed by atoms with Gasteiger partial charge in [-0.1, -0.05) is 43.7 Å². The Morgan fingerprint density at radius 1 is 1.28 bits per heavy atom. The van der Waals surface area contributed by atoms with E-state index in [1.807, 2.05) is 26.0 Å². The lowest BCUT2D eigenvalue weighted by atomic mass is 9.88. The van der Waals surface area contributed by atoms with Crippen LogP contribution in [0, 0.1) is 6.92 Å². The molecule has 2 heteroatoms. The minimum Gasteiger partial charge on any atom is -0.325 e. The second-order valence-corrected chi connectivity index (χ2v) is 5.14. The van der Waals surface area contributed by atoms with Crippen LogP contribution in [-0.4, -0.2) is 11.3 Å². The minimum atomic E-state index is -0.0682. The lowest BCUT2D eigenvalue weighted by molar-refractivity contribution is -0.118. The SMILES string of the molecule is CC.CC(=O)C(CC1(N)CC1)c1ccc(C)cc1. The summed E-state index contributed by atoms with van der Waals surface area (Å²) < 4.78 is 0. The van der Waals surface area contributed by atoms with Gasteiger partial charge < -0.3 is 5.73 Å². The van der Waals surface area contributed by atoms with Crippen molar-refractivity contribution >= 4 is 5.78 Å². The molecule has 0 heterocycles. The molecule has 2 N–H and O–H groups in total. The molecular weight excluding hydrogens is 222 g/mol. The fourth-order valence-electron chi connectivity index (χ4n) is 2.07. The lowest BCUT2D eigenvalue weighted by Crippen LogP contribution is -2.27. The van der Waals surface area contributed by atoms with Crippen LogP contribution in [0.15, 0.2) is 24.3 Å². The van der Waals surface area contributed by atoms with Crippen molar-refractivity contribution in [1.82, 2.24) is 0 Å². The molecule has 0 amide bonds. The summed E-state index contributed by atoms with van der Waals surface area (Å²) in [7, 11) is 0. The Hall–Kier alpha value is -1.15. The average molecular weight is 247 g/mol. The Morgan fingerprint density at radius 3 is 2.17 bits per heavy atom. The van der Waals surface area contributed by atoms with Gasteiger partial charge in [0, 0.05) is 11.5 Å². The zero-order valence-electron chi connectivity index (χ0n) is 12.0. The number of ketones is 1. The highest BCUT2D eigenvalue weighted by Gasteiger charge is 2.41. The first kappa shape index (κ1) is 14.9. The predicted molar refractivity (Wildman–Crippen MR) is 76.7 cm³/mol. The molecule has 2 nitrogen and oxygen atoms in total. The van der Waals surface area contributed by atoms with Gasteiger partial charge in [-0.3, -0.25) is 4.79 Å². The number of carbonyl (C=O) groups excluding carboxylic acids is 1. The predicted octanol–water partition coefficient (Wildman–Crippen LogP) is 3.58. The van der Waals surface area contributed by atoms with Crippen molar-refractivity contribution in [1.29, 1.82) is 0 Å². The maximum Gasteiger partial charge on any atom is 0.137 e. The number of Topliss-reactive ketones (excluding diaryl/α,β-unsaturated/α-hetero) is 1. The van der Waals surface area contributed by atoms with Crippen molar-refractivity contribution in [2.24, 2.45) is 5.73 Å². The zero-order chi connectivity index (χ0) is 13.8. The number of nitrogens with two attached hydrogens (primary N) is 1. The molecule has 0 spiro atoms. The van der Waals surface area contributed by atoms with E-state index < -0.39 is 0 Å². The molecule has 1 aliphatic carbocycles. The van der Waals surface area contributed by atoms with Crippen molar-refractivity contribution in [2.75, 3.05) is 0 Å². The van der Waals surface area contributed by atoms with Crippen molar-refractivity contribution in [3.05, 3.63) is 35.4 Å². The summed E-state index contributed by atoms with van der Waals surface area (Å²) in [6.07, 6.45) is 2.91. The van der Waals surface area contributed by atoms with Gasteiger partial charge in [0.05, 0.1) is 0 Å². The van der Waals surface area contributed by atoms with Crippen LogP contribution in [-0.2, 0) is 4.79 Å². The molecule has 1 aromatic rings. The first-order chi connectivity index (χ1) is 8.50. The van der Waals surface area contributed by atoms with E-state index in [2.05, 4.69) is 19.1 Å². The fraction of sp³-hybridized carbons (Fsp3) is 0.562. The van der Waals surface area contributed by atoms with Gasteiger partial charge in [-0.2, -0.15) is 0 Å². The van der Waals surface area contributed by atoms with Crippen LogP contribution in [0.4, 0.5) is 0 Å². The smallest absolute Gasteiger partial charge is 0.137 e. The van der Waals surface area contributed by atoms with Crippen molar-refractivity contribution in [3.8, 4) is 0 Å². The summed E-state index contributed by atoms with van der Waals surface area (Å²) in [5.74, 6) is 0.202. The van der Waals surface area contributed by atoms with Crippen LogP contribution in [0.1, 0.15) is 57.1 Å². The maximum atomic E-state index is 11.7. The molecule has 0 radical (unpaired) electrons. The van der Waals surface area contributed by atoms with E-state index in [0.717, 1.165) is 24.8 Å². The van der Waals surface area contributed by atoms with Gasteiger partial charge in [-0.15, -0.1) is 0 Å². The first-order valence-electron chi connectivity index (χ1n) is 6.86. The summed E-state index contributed by atoms with van der Waals surface area (Å²) in [6, 6.07) is 8.21. The molecular formula is C16H25NO.